The number of hydrogen-bond donors (Lipinski definition) is 1. The molecule has 2 N–H and O–H groups in total. The molecule has 1 atom stereocenters. The van der Waals surface area contributed by atoms with Crippen molar-refractivity contribution in [3.05, 3.63) is 45.8 Å². The number of pyridine rings is 1. The number of aromatic nitrogens is 1. The Bertz CT molecular complexity index is 671. The van der Waals surface area contributed by atoms with Crippen LogP contribution in [0.5, 0.6) is 0 Å². The van der Waals surface area contributed by atoms with E-state index in [4.69, 9.17) is 10.5 Å². The fourth-order valence-electron chi connectivity index (χ4n) is 2.54. The summed E-state index contributed by atoms with van der Waals surface area (Å²) in [7, 11) is 0. The largest absolute Gasteiger partial charge is 0.384 e. The van der Waals surface area contributed by atoms with Gasteiger partial charge < -0.3 is 15.4 Å². The second-order valence-corrected chi connectivity index (χ2v) is 6.75. The summed E-state index contributed by atoms with van der Waals surface area (Å²) in [4.78, 5) is 20.9. The molecule has 1 aliphatic heterocycles. The molecular formula is C16H19N3O2S. The van der Waals surface area contributed by atoms with Crippen LogP contribution in [0.2, 0.25) is 0 Å². The molecule has 3 rings (SSSR count). The van der Waals surface area contributed by atoms with Crippen LogP contribution in [-0.2, 0) is 16.0 Å². The molecule has 0 bridgehead atoms. The van der Waals surface area contributed by atoms with Gasteiger partial charge in [0.2, 0.25) is 5.91 Å². The van der Waals surface area contributed by atoms with Crippen LogP contribution >= 0.6 is 11.3 Å². The van der Waals surface area contributed by atoms with Crippen molar-refractivity contribution >= 4 is 23.1 Å². The van der Waals surface area contributed by atoms with Crippen molar-refractivity contribution in [2.24, 2.45) is 0 Å². The molecule has 0 aromatic carbocycles. The number of nitrogens with two attached hydrogens (primary N) is 1. The number of amides is 1. The number of morpholine rings is 1. The molecule has 1 fully saturated rings. The van der Waals surface area contributed by atoms with Gasteiger partial charge in [-0.05, 0) is 31.2 Å². The zero-order valence-electron chi connectivity index (χ0n) is 12.5. The van der Waals surface area contributed by atoms with Gasteiger partial charge >= 0.3 is 0 Å². The summed E-state index contributed by atoms with van der Waals surface area (Å²) in [6, 6.07) is 9.56. The van der Waals surface area contributed by atoms with E-state index in [0.29, 0.717) is 31.9 Å². The number of ether oxygens (including phenoxy) is 1. The van der Waals surface area contributed by atoms with Crippen LogP contribution in [0.4, 0.5) is 5.82 Å². The minimum absolute atomic E-state index is 0.138. The highest BCUT2D eigenvalue weighted by atomic mass is 32.1. The first kappa shape index (κ1) is 15.0. The van der Waals surface area contributed by atoms with Gasteiger partial charge in [0.05, 0.1) is 25.3 Å². The Morgan fingerprint density at radius 1 is 1.45 bits per heavy atom. The molecular weight excluding hydrogens is 298 g/mol. The summed E-state index contributed by atoms with van der Waals surface area (Å²) in [5, 5.41) is 0. The number of nitrogen functional groups attached to an aromatic ring is 1. The van der Waals surface area contributed by atoms with E-state index in [9.17, 15) is 4.79 Å². The van der Waals surface area contributed by atoms with E-state index in [1.807, 2.05) is 29.2 Å². The van der Waals surface area contributed by atoms with E-state index >= 15 is 0 Å². The third kappa shape index (κ3) is 3.45. The van der Waals surface area contributed by atoms with Gasteiger partial charge in [-0.3, -0.25) is 4.79 Å². The standard InChI is InChI=1S/C16H19N3O2S/c1-11-5-6-12(22-11)9-16(20)19-7-8-21-14(10-19)13-3-2-4-15(17)18-13/h2-6,14H,7-10H2,1H3,(H2,17,18)/t14-/m1/s1. The van der Waals surface area contributed by atoms with Crippen LogP contribution in [0, 0.1) is 6.92 Å². The molecule has 0 unspecified atom stereocenters. The third-order valence-electron chi connectivity index (χ3n) is 3.66. The molecule has 0 aliphatic carbocycles. The Kier molecular flexibility index (Phi) is 4.40. The molecule has 2 aromatic rings. The van der Waals surface area contributed by atoms with E-state index in [2.05, 4.69) is 11.9 Å². The minimum atomic E-state index is -0.203. The number of nitrogens with zero attached hydrogens (tertiary/aromatic N) is 2. The Morgan fingerprint density at radius 3 is 3.05 bits per heavy atom. The van der Waals surface area contributed by atoms with Gasteiger partial charge in [0.15, 0.2) is 0 Å². The van der Waals surface area contributed by atoms with Gasteiger partial charge in [0.25, 0.3) is 0 Å². The molecule has 0 radical (unpaired) electrons. The highest BCUT2D eigenvalue weighted by Gasteiger charge is 2.26. The van der Waals surface area contributed by atoms with Gasteiger partial charge in [0, 0.05) is 16.3 Å². The zero-order chi connectivity index (χ0) is 15.5. The SMILES string of the molecule is Cc1ccc(CC(=O)N2CCO[C@@H](c3cccc(N)n3)C2)s1. The first-order valence-electron chi connectivity index (χ1n) is 7.29. The number of aryl methyl sites for hydroxylation is 1. The average molecular weight is 317 g/mol. The summed E-state index contributed by atoms with van der Waals surface area (Å²) in [5.74, 6) is 0.609. The van der Waals surface area contributed by atoms with Crippen molar-refractivity contribution in [2.75, 3.05) is 25.4 Å². The number of hydrogen-bond acceptors (Lipinski definition) is 5. The van der Waals surface area contributed by atoms with Crippen LogP contribution in [-0.4, -0.2) is 35.5 Å². The number of thiophene rings is 1. The summed E-state index contributed by atoms with van der Waals surface area (Å²) in [5.41, 5.74) is 6.50. The molecule has 1 saturated heterocycles. The first-order valence-corrected chi connectivity index (χ1v) is 8.10. The van der Waals surface area contributed by atoms with Gasteiger partial charge in [-0.1, -0.05) is 6.07 Å². The lowest BCUT2D eigenvalue weighted by Gasteiger charge is -2.32. The monoisotopic (exact) mass is 317 g/mol. The Balaban J connectivity index is 1.66. The fourth-order valence-corrected chi connectivity index (χ4v) is 3.43. The fraction of sp³-hybridized carbons (Fsp3) is 0.375. The van der Waals surface area contributed by atoms with Crippen molar-refractivity contribution in [1.29, 1.82) is 0 Å². The van der Waals surface area contributed by atoms with Crippen molar-refractivity contribution in [3.63, 3.8) is 0 Å². The lowest BCUT2D eigenvalue weighted by Crippen LogP contribution is -2.43. The molecule has 1 aliphatic rings. The molecule has 3 heterocycles. The molecule has 0 spiro atoms. The van der Waals surface area contributed by atoms with Crippen LogP contribution in [0.15, 0.2) is 30.3 Å². The molecule has 116 valence electrons. The molecule has 5 nitrogen and oxygen atoms in total. The van der Waals surface area contributed by atoms with Crippen molar-refractivity contribution < 1.29 is 9.53 Å². The maximum atomic E-state index is 12.5. The van der Waals surface area contributed by atoms with Gasteiger partial charge in [-0.25, -0.2) is 4.98 Å². The molecule has 1 amide bonds. The smallest absolute Gasteiger partial charge is 0.228 e. The molecule has 0 saturated carbocycles. The van der Waals surface area contributed by atoms with Crippen LogP contribution in [0.1, 0.15) is 21.6 Å². The van der Waals surface area contributed by atoms with Gasteiger partial charge in [-0.15, -0.1) is 11.3 Å². The summed E-state index contributed by atoms with van der Waals surface area (Å²) in [6.07, 6.45) is 0.251. The lowest BCUT2D eigenvalue weighted by atomic mass is 10.1. The van der Waals surface area contributed by atoms with E-state index in [1.54, 1.807) is 17.4 Å². The quantitative estimate of drug-likeness (QED) is 0.942. The van der Waals surface area contributed by atoms with Crippen molar-refractivity contribution in [2.45, 2.75) is 19.4 Å². The lowest BCUT2D eigenvalue weighted by molar-refractivity contribution is -0.138. The van der Waals surface area contributed by atoms with Crippen molar-refractivity contribution in [1.82, 2.24) is 9.88 Å². The zero-order valence-corrected chi connectivity index (χ0v) is 13.3. The summed E-state index contributed by atoms with van der Waals surface area (Å²) < 4.78 is 5.74. The summed E-state index contributed by atoms with van der Waals surface area (Å²) in [6.45, 7) is 3.73. The number of anilines is 1. The van der Waals surface area contributed by atoms with E-state index in [-0.39, 0.29) is 12.0 Å². The van der Waals surface area contributed by atoms with Gasteiger partial charge in [0.1, 0.15) is 11.9 Å². The minimum Gasteiger partial charge on any atom is -0.384 e. The predicted molar refractivity (Wildman–Crippen MR) is 86.7 cm³/mol. The maximum absolute atomic E-state index is 12.5. The second kappa shape index (κ2) is 6.46. The third-order valence-corrected chi connectivity index (χ3v) is 4.66. The summed E-state index contributed by atoms with van der Waals surface area (Å²) >= 11 is 1.67. The highest BCUT2D eigenvalue weighted by molar-refractivity contribution is 7.12. The Hall–Kier alpha value is -1.92. The number of carbonyl (C=O) groups excluding carboxylic acids is 1. The maximum Gasteiger partial charge on any atom is 0.228 e. The highest BCUT2D eigenvalue weighted by Crippen LogP contribution is 2.23. The Labute approximate surface area is 133 Å². The number of rotatable bonds is 3. The topological polar surface area (TPSA) is 68.5 Å². The predicted octanol–water partition coefficient (Wildman–Crippen LogP) is 2.18. The Morgan fingerprint density at radius 2 is 2.32 bits per heavy atom. The van der Waals surface area contributed by atoms with Crippen LogP contribution in [0.25, 0.3) is 0 Å². The average Bonchev–Trinajstić information content (AvgIpc) is 2.92. The van der Waals surface area contributed by atoms with Crippen LogP contribution in [0.3, 0.4) is 0 Å². The second-order valence-electron chi connectivity index (χ2n) is 5.38. The van der Waals surface area contributed by atoms with Gasteiger partial charge in [-0.2, -0.15) is 0 Å². The first-order chi connectivity index (χ1) is 10.6. The van der Waals surface area contributed by atoms with E-state index in [1.165, 1.54) is 4.88 Å². The number of carbonyl (C=O) groups is 1. The van der Waals surface area contributed by atoms with E-state index < -0.39 is 0 Å². The molecule has 22 heavy (non-hydrogen) atoms. The molecule has 6 heteroatoms. The van der Waals surface area contributed by atoms with Crippen molar-refractivity contribution in [3.8, 4) is 0 Å². The van der Waals surface area contributed by atoms with E-state index in [0.717, 1.165) is 10.6 Å². The molecule has 2 aromatic heterocycles. The normalized spacial score (nSPS) is 18.4. The van der Waals surface area contributed by atoms with Crippen LogP contribution < -0.4 is 5.73 Å².